The van der Waals surface area contributed by atoms with Gasteiger partial charge in [0.05, 0.1) is 24.7 Å². The van der Waals surface area contributed by atoms with Crippen LogP contribution in [0.5, 0.6) is 11.8 Å². The number of benzene rings is 1. The smallest absolute Gasteiger partial charge is 0.317 e. The molecule has 0 saturated carbocycles. The van der Waals surface area contributed by atoms with Crippen LogP contribution in [0.2, 0.25) is 0 Å². The Morgan fingerprint density at radius 2 is 2.17 bits per heavy atom. The van der Waals surface area contributed by atoms with Crippen LogP contribution in [0.4, 0.5) is 4.79 Å². The average molecular weight is 403 g/mol. The van der Waals surface area contributed by atoms with Gasteiger partial charge in [0.25, 0.3) is 0 Å². The molecule has 8 nitrogen and oxygen atoms in total. The molecule has 3 aromatic rings. The molecular formula is C22H21N5O3. The summed E-state index contributed by atoms with van der Waals surface area (Å²) in [6.45, 7) is 1.46. The van der Waals surface area contributed by atoms with E-state index in [0.717, 1.165) is 22.9 Å². The second-order valence-corrected chi connectivity index (χ2v) is 6.97. The molecule has 4 rings (SSSR count). The fraction of sp³-hybridized carbons (Fsp3) is 0.273. The lowest BCUT2D eigenvalue weighted by molar-refractivity contribution is 0.183. The largest absolute Gasteiger partial charge is 0.481 e. The first-order valence-electron chi connectivity index (χ1n) is 9.64. The molecule has 1 atom stereocenters. The SMILES string of the molecule is COc1cc(CNC(=O)N2CCC(Oc3ccc(C#N)cn3)C2)c2ccccc2n1. The number of hydrogen-bond acceptors (Lipinski definition) is 6. The van der Waals surface area contributed by atoms with Gasteiger partial charge in [0.2, 0.25) is 11.8 Å². The third-order valence-electron chi connectivity index (χ3n) is 5.00. The van der Waals surface area contributed by atoms with Crippen LogP contribution in [0.15, 0.2) is 48.7 Å². The molecule has 1 unspecified atom stereocenters. The summed E-state index contributed by atoms with van der Waals surface area (Å²) in [6, 6.07) is 14.8. The molecule has 152 valence electrons. The minimum atomic E-state index is -0.145. The quantitative estimate of drug-likeness (QED) is 0.703. The number of carbonyl (C=O) groups excluding carboxylic acids is 1. The second-order valence-electron chi connectivity index (χ2n) is 6.97. The molecule has 1 N–H and O–H groups in total. The number of ether oxygens (including phenoxy) is 2. The third-order valence-corrected chi connectivity index (χ3v) is 5.00. The number of fused-ring (bicyclic) bond motifs is 1. The minimum absolute atomic E-state index is 0.127. The van der Waals surface area contributed by atoms with Gasteiger partial charge in [0.15, 0.2) is 0 Å². The highest BCUT2D eigenvalue weighted by Crippen LogP contribution is 2.22. The molecule has 1 aromatic carbocycles. The lowest BCUT2D eigenvalue weighted by Gasteiger charge is -2.18. The third kappa shape index (κ3) is 4.25. The fourth-order valence-electron chi connectivity index (χ4n) is 3.45. The van der Waals surface area contributed by atoms with E-state index in [4.69, 9.17) is 14.7 Å². The maximum atomic E-state index is 12.7. The van der Waals surface area contributed by atoms with Gasteiger partial charge in [-0.1, -0.05) is 18.2 Å². The summed E-state index contributed by atoms with van der Waals surface area (Å²) in [5.74, 6) is 0.971. The summed E-state index contributed by atoms with van der Waals surface area (Å²) in [5.41, 5.74) is 2.25. The van der Waals surface area contributed by atoms with Crippen molar-refractivity contribution < 1.29 is 14.3 Å². The van der Waals surface area contributed by atoms with Crippen molar-refractivity contribution in [2.75, 3.05) is 20.2 Å². The van der Waals surface area contributed by atoms with Crippen molar-refractivity contribution in [2.45, 2.75) is 19.1 Å². The Labute approximate surface area is 174 Å². The molecule has 3 heterocycles. The first-order valence-corrected chi connectivity index (χ1v) is 9.64. The maximum absolute atomic E-state index is 12.7. The van der Waals surface area contributed by atoms with Gasteiger partial charge in [-0.25, -0.2) is 14.8 Å². The van der Waals surface area contributed by atoms with Crippen LogP contribution < -0.4 is 14.8 Å². The number of para-hydroxylation sites is 1. The van der Waals surface area contributed by atoms with Crippen LogP contribution in [0.1, 0.15) is 17.5 Å². The van der Waals surface area contributed by atoms with Gasteiger partial charge in [-0.05, 0) is 17.7 Å². The molecule has 2 aromatic heterocycles. The van der Waals surface area contributed by atoms with Crippen molar-refractivity contribution in [1.82, 2.24) is 20.2 Å². The lowest BCUT2D eigenvalue weighted by atomic mass is 10.1. The highest BCUT2D eigenvalue weighted by molar-refractivity contribution is 5.83. The molecule has 1 aliphatic rings. The van der Waals surface area contributed by atoms with E-state index in [9.17, 15) is 4.79 Å². The van der Waals surface area contributed by atoms with Gasteiger partial charge >= 0.3 is 6.03 Å². The first kappa shape index (κ1) is 19.5. The van der Waals surface area contributed by atoms with Crippen molar-refractivity contribution in [3.05, 3.63) is 59.8 Å². The van der Waals surface area contributed by atoms with E-state index < -0.39 is 0 Å². The molecular weight excluding hydrogens is 382 g/mol. The van der Waals surface area contributed by atoms with Crippen LogP contribution in [0.25, 0.3) is 10.9 Å². The number of carbonyl (C=O) groups is 1. The van der Waals surface area contributed by atoms with Crippen LogP contribution in [-0.4, -0.2) is 47.2 Å². The maximum Gasteiger partial charge on any atom is 0.317 e. The topological polar surface area (TPSA) is 100 Å². The monoisotopic (exact) mass is 403 g/mol. The zero-order valence-corrected chi connectivity index (χ0v) is 16.5. The van der Waals surface area contributed by atoms with E-state index in [0.29, 0.717) is 37.0 Å². The molecule has 1 fully saturated rings. The highest BCUT2D eigenvalue weighted by atomic mass is 16.5. The summed E-state index contributed by atoms with van der Waals surface area (Å²) < 4.78 is 11.1. The lowest BCUT2D eigenvalue weighted by Crippen LogP contribution is -2.39. The zero-order valence-electron chi connectivity index (χ0n) is 16.5. The molecule has 1 aliphatic heterocycles. The Balaban J connectivity index is 1.36. The number of methoxy groups -OCH3 is 1. The van der Waals surface area contributed by atoms with Crippen molar-refractivity contribution >= 4 is 16.9 Å². The Morgan fingerprint density at radius 3 is 2.93 bits per heavy atom. The van der Waals surface area contributed by atoms with Gasteiger partial charge in [-0.2, -0.15) is 5.26 Å². The van der Waals surface area contributed by atoms with Crippen LogP contribution in [0, 0.1) is 11.3 Å². The number of rotatable bonds is 5. The van der Waals surface area contributed by atoms with Crippen LogP contribution >= 0.6 is 0 Å². The number of pyridine rings is 2. The zero-order chi connectivity index (χ0) is 20.9. The molecule has 0 radical (unpaired) electrons. The minimum Gasteiger partial charge on any atom is -0.481 e. The summed E-state index contributed by atoms with van der Waals surface area (Å²) >= 11 is 0. The van der Waals surface area contributed by atoms with Gasteiger partial charge in [0.1, 0.15) is 12.2 Å². The number of likely N-dealkylation sites (tertiary alicyclic amines) is 1. The predicted molar refractivity (Wildman–Crippen MR) is 110 cm³/mol. The van der Waals surface area contributed by atoms with E-state index in [1.165, 1.54) is 6.20 Å². The van der Waals surface area contributed by atoms with Gasteiger partial charge < -0.3 is 19.7 Å². The fourth-order valence-corrected chi connectivity index (χ4v) is 3.45. The Hall–Kier alpha value is -3.86. The molecule has 0 bridgehead atoms. The summed E-state index contributed by atoms with van der Waals surface area (Å²) in [7, 11) is 1.58. The predicted octanol–water partition coefficient (Wildman–Crippen LogP) is 2.87. The van der Waals surface area contributed by atoms with Crippen molar-refractivity contribution in [1.29, 1.82) is 5.26 Å². The van der Waals surface area contributed by atoms with Gasteiger partial charge in [-0.3, -0.25) is 0 Å². The van der Waals surface area contributed by atoms with E-state index in [-0.39, 0.29) is 12.1 Å². The van der Waals surface area contributed by atoms with Gasteiger partial charge in [-0.15, -0.1) is 0 Å². The second kappa shape index (κ2) is 8.66. The summed E-state index contributed by atoms with van der Waals surface area (Å²) in [6.07, 6.45) is 2.07. The van der Waals surface area contributed by atoms with Crippen LogP contribution in [-0.2, 0) is 6.54 Å². The number of amides is 2. The van der Waals surface area contributed by atoms with Crippen molar-refractivity contribution in [2.24, 2.45) is 0 Å². The standard InChI is InChI=1S/C22H21N5O3/c1-29-21-10-16(18-4-2-3-5-19(18)26-21)13-25-22(28)27-9-8-17(14-27)30-20-7-6-15(11-23)12-24-20/h2-7,10,12,17H,8-9,13-14H2,1H3,(H,25,28). The molecule has 30 heavy (non-hydrogen) atoms. The van der Waals surface area contributed by atoms with Crippen LogP contribution in [0.3, 0.4) is 0 Å². The van der Waals surface area contributed by atoms with E-state index in [1.54, 1.807) is 24.1 Å². The number of aromatic nitrogens is 2. The molecule has 2 amide bonds. The molecule has 0 spiro atoms. The Morgan fingerprint density at radius 1 is 1.30 bits per heavy atom. The number of nitrogens with zero attached hydrogens (tertiary/aromatic N) is 4. The Kier molecular flexibility index (Phi) is 5.61. The highest BCUT2D eigenvalue weighted by Gasteiger charge is 2.28. The number of hydrogen-bond donors (Lipinski definition) is 1. The average Bonchev–Trinajstić information content (AvgIpc) is 3.26. The van der Waals surface area contributed by atoms with Gasteiger partial charge in [0, 0.05) is 43.2 Å². The van der Waals surface area contributed by atoms with E-state index >= 15 is 0 Å². The Bertz CT molecular complexity index is 1090. The van der Waals surface area contributed by atoms with Crippen molar-refractivity contribution in [3.63, 3.8) is 0 Å². The number of urea groups is 1. The molecule has 0 aliphatic carbocycles. The van der Waals surface area contributed by atoms with E-state index in [1.807, 2.05) is 36.4 Å². The molecule has 8 heteroatoms. The first-order chi connectivity index (χ1) is 14.7. The number of nitriles is 1. The summed E-state index contributed by atoms with van der Waals surface area (Å²) in [4.78, 5) is 22.9. The number of nitrogens with one attached hydrogen (secondary N) is 1. The molecule has 1 saturated heterocycles. The normalized spacial score (nSPS) is 15.6. The van der Waals surface area contributed by atoms with E-state index in [2.05, 4.69) is 15.3 Å². The summed E-state index contributed by atoms with van der Waals surface area (Å²) in [5, 5.41) is 12.8. The van der Waals surface area contributed by atoms with Crippen molar-refractivity contribution in [3.8, 4) is 17.8 Å².